The molecule has 0 aromatic carbocycles. The van der Waals surface area contributed by atoms with Crippen LogP contribution in [-0.4, -0.2) is 48.6 Å². The smallest absolute Gasteiger partial charge is 0.183 e. The van der Waals surface area contributed by atoms with Gasteiger partial charge in [0, 0.05) is 48.0 Å². The zero-order valence-electron chi connectivity index (χ0n) is 24.0. The minimum absolute atomic E-state index is 0.609. The Labute approximate surface area is 242 Å². The molecule has 4 atom stereocenters. The fourth-order valence-electron chi connectivity index (χ4n) is 8.02. The first-order valence-corrected chi connectivity index (χ1v) is 14.6. The lowest BCUT2D eigenvalue weighted by Gasteiger charge is -2.68. The van der Waals surface area contributed by atoms with E-state index in [0.717, 1.165) is 54.7 Å². The number of rotatable bonds is 5. The van der Waals surface area contributed by atoms with Gasteiger partial charge in [0.25, 0.3) is 0 Å². The molecule has 0 saturated heterocycles. The summed E-state index contributed by atoms with van der Waals surface area (Å²) in [6.45, 7) is 0. The van der Waals surface area contributed by atoms with Crippen LogP contribution in [0.2, 0.25) is 0 Å². The molecule has 1 nitrogen and oxygen atoms in total. The van der Waals surface area contributed by atoms with Gasteiger partial charge in [0.15, 0.2) is 6.15 Å². The molecule has 1 fully saturated rings. The third-order valence-electron chi connectivity index (χ3n) is 9.66. The van der Waals surface area contributed by atoms with Gasteiger partial charge in [-0.1, -0.05) is 55.0 Å². The molecule has 0 bridgehead atoms. The number of allylic oxidation sites excluding steroid dienone is 16. The predicted molar refractivity (Wildman–Crippen MR) is 153 cm³/mol. The van der Waals surface area contributed by atoms with Crippen molar-refractivity contribution in [2.75, 3.05) is 14.1 Å². The number of quaternary nitrogens is 1. The number of hydrogen-bond donors (Lipinski definition) is 1. The SMILES string of the molecule is C[NH+](C)C1CCCCC1.FC1=CC=CC(F)([B-](C2(F)C=CC=C(F)C2)(C2(F)C=CC=C(F)C2)C2(F)C=CC=C(F)C2)C1. The Morgan fingerprint density at radius 1 is 0.548 bits per heavy atom. The second-order valence-electron chi connectivity index (χ2n) is 12.6. The molecule has 0 radical (unpaired) electrons. The van der Waals surface area contributed by atoms with E-state index in [1.54, 1.807) is 4.90 Å². The first-order valence-electron chi connectivity index (χ1n) is 14.6. The molecule has 230 valence electrons. The van der Waals surface area contributed by atoms with Crippen molar-refractivity contribution in [3.05, 3.63) is 96.2 Å². The standard InChI is InChI=1S/C24H20BF8.C8H17N/c26-17-5-1-9-21(30,13-17)25(22(31)10-2-6-18(27)14-22,23(32)11-3-7-19(28)15-23)24(33)12-4-8-20(29)16-24;1-9(2)8-6-4-3-5-7-8/h1-12H,13-16H2;8H,3-7H2,1-2H3/q-1;/p+1. The predicted octanol–water partition coefficient (Wildman–Crippen LogP) is 8.14. The maximum Gasteiger partial charge on any atom is 0.183 e. The summed E-state index contributed by atoms with van der Waals surface area (Å²) in [4.78, 5) is 1.65. The van der Waals surface area contributed by atoms with Crippen molar-refractivity contribution in [2.24, 2.45) is 0 Å². The highest BCUT2D eigenvalue weighted by Gasteiger charge is 2.76. The normalized spacial score (nSPS) is 36.4. The maximum absolute atomic E-state index is 17.0. The van der Waals surface area contributed by atoms with Crippen LogP contribution in [0.25, 0.3) is 0 Å². The highest BCUT2D eigenvalue weighted by atomic mass is 19.2. The molecular formula is C32H38BF8N. The highest BCUT2D eigenvalue weighted by Crippen LogP contribution is 2.62. The Balaban J connectivity index is 0.000000385. The van der Waals surface area contributed by atoms with Crippen molar-refractivity contribution in [3.63, 3.8) is 0 Å². The second kappa shape index (κ2) is 12.2. The van der Waals surface area contributed by atoms with Crippen molar-refractivity contribution in [3.8, 4) is 0 Å². The molecule has 42 heavy (non-hydrogen) atoms. The van der Waals surface area contributed by atoms with E-state index in [9.17, 15) is 17.6 Å². The summed E-state index contributed by atoms with van der Waals surface area (Å²) in [6.07, 6.45) is 6.59. The molecule has 10 heteroatoms. The van der Waals surface area contributed by atoms with Crippen molar-refractivity contribution in [1.82, 2.24) is 0 Å². The Morgan fingerprint density at radius 2 is 0.833 bits per heavy atom. The van der Waals surface area contributed by atoms with Gasteiger partial charge in [0.05, 0.1) is 43.4 Å². The summed E-state index contributed by atoms with van der Waals surface area (Å²) < 4.78 is 126. The third-order valence-corrected chi connectivity index (χ3v) is 9.66. The average Bonchev–Trinajstić information content (AvgIpc) is 2.88. The van der Waals surface area contributed by atoms with Crippen molar-refractivity contribution in [2.45, 2.75) is 86.1 Å². The van der Waals surface area contributed by atoms with Crippen molar-refractivity contribution >= 4 is 6.15 Å². The van der Waals surface area contributed by atoms with Crippen molar-refractivity contribution in [1.29, 1.82) is 0 Å². The summed E-state index contributed by atoms with van der Waals surface area (Å²) in [5, 5.41) is 0. The molecule has 5 aliphatic rings. The summed E-state index contributed by atoms with van der Waals surface area (Å²) >= 11 is 0. The lowest BCUT2D eigenvalue weighted by atomic mass is 8.99. The van der Waals surface area contributed by atoms with E-state index >= 15 is 17.6 Å². The van der Waals surface area contributed by atoms with E-state index in [2.05, 4.69) is 14.1 Å². The van der Waals surface area contributed by atoms with Crippen LogP contribution in [0, 0.1) is 0 Å². The Kier molecular flexibility index (Phi) is 9.36. The minimum Gasteiger partial charge on any atom is -0.337 e. The number of alkyl halides is 4. The van der Waals surface area contributed by atoms with Gasteiger partial charge in [0.2, 0.25) is 0 Å². The molecule has 0 amide bonds. The second-order valence-corrected chi connectivity index (χ2v) is 12.6. The fourth-order valence-corrected chi connectivity index (χ4v) is 8.02. The fraction of sp³-hybridized carbons (Fsp3) is 0.500. The summed E-state index contributed by atoms with van der Waals surface area (Å²) in [7, 11) is 4.55. The van der Waals surface area contributed by atoms with Crippen molar-refractivity contribution < 1.29 is 40.0 Å². The van der Waals surface area contributed by atoms with Gasteiger partial charge in [-0.05, 0) is 50.0 Å². The van der Waals surface area contributed by atoms with Crippen LogP contribution in [0.5, 0.6) is 0 Å². The van der Waals surface area contributed by atoms with Crippen LogP contribution in [0.1, 0.15) is 57.8 Å². The van der Waals surface area contributed by atoms with E-state index in [1.165, 1.54) is 32.1 Å². The number of halogens is 8. The molecule has 1 saturated carbocycles. The molecule has 0 aromatic heterocycles. The van der Waals surface area contributed by atoms with Crippen LogP contribution in [-0.2, 0) is 0 Å². The maximum atomic E-state index is 17.0. The molecule has 4 unspecified atom stereocenters. The summed E-state index contributed by atoms with van der Waals surface area (Å²) in [5.41, 5.74) is -13.8. The highest BCUT2D eigenvalue weighted by molar-refractivity contribution is 6.92. The summed E-state index contributed by atoms with van der Waals surface area (Å²) in [6, 6.07) is 0.971. The first-order chi connectivity index (χ1) is 19.7. The van der Waals surface area contributed by atoms with Crippen LogP contribution < -0.4 is 4.90 Å². The van der Waals surface area contributed by atoms with Gasteiger partial charge in [-0.25, -0.2) is 17.6 Å². The van der Waals surface area contributed by atoms with E-state index in [1.807, 2.05) is 0 Å². The van der Waals surface area contributed by atoms with Crippen LogP contribution in [0.4, 0.5) is 35.1 Å². The molecule has 5 aliphatic carbocycles. The van der Waals surface area contributed by atoms with Gasteiger partial charge in [0.1, 0.15) is 0 Å². The summed E-state index contributed by atoms with van der Waals surface area (Å²) in [5.74, 6) is -4.59. The van der Waals surface area contributed by atoms with E-state index in [-0.39, 0.29) is 0 Å². The lowest BCUT2D eigenvalue weighted by Crippen LogP contribution is -3.10. The number of nitrogens with one attached hydrogen (secondary N) is 1. The molecule has 5 rings (SSSR count). The monoisotopic (exact) mass is 599 g/mol. The molecular weight excluding hydrogens is 561 g/mol. The molecule has 0 heterocycles. The quantitative estimate of drug-likeness (QED) is 0.241. The van der Waals surface area contributed by atoms with Gasteiger partial charge in [-0.2, -0.15) is 0 Å². The first kappa shape index (κ1) is 32.3. The largest absolute Gasteiger partial charge is 0.337 e. The molecule has 0 aliphatic heterocycles. The Bertz CT molecular complexity index is 1100. The topological polar surface area (TPSA) is 4.44 Å². The van der Waals surface area contributed by atoms with Crippen LogP contribution >= 0.6 is 0 Å². The number of hydrogen-bond acceptors (Lipinski definition) is 0. The average molecular weight is 599 g/mol. The zero-order chi connectivity index (χ0) is 30.8. The zero-order valence-corrected chi connectivity index (χ0v) is 24.0. The van der Waals surface area contributed by atoms with E-state index < -0.39 is 77.4 Å². The van der Waals surface area contributed by atoms with Crippen LogP contribution in [0.15, 0.2) is 96.2 Å². The van der Waals surface area contributed by atoms with Crippen LogP contribution in [0.3, 0.4) is 0 Å². The Hall–Kier alpha value is -2.62. The van der Waals surface area contributed by atoms with Gasteiger partial charge >= 0.3 is 0 Å². The Morgan fingerprint density at radius 3 is 1.05 bits per heavy atom. The molecule has 0 aromatic rings. The molecule has 1 N–H and O–H groups in total. The van der Waals surface area contributed by atoms with E-state index in [0.29, 0.717) is 24.3 Å². The minimum atomic E-state index is -4.72. The van der Waals surface area contributed by atoms with Gasteiger partial charge < -0.3 is 4.90 Å². The third kappa shape index (κ3) is 5.68. The molecule has 0 spiro atoms. The van der Waals surface area contributed by atoms with Gasteiger partial charge in [-0.3, -0.25) is 17.6 Å². The van der Waals surface area contributed by atoms with Gasteiger partial charge in [-0.15, -0.1) is 0 Å². The van der Waals surface area contributed by atoms with E-state index in [4.69, 9.17) is 0 Å². The lowest BCUT2D eigenvalue weighted by molar-refractivity contribution is -0.887.